The molecule has 0 bridgehead atoms. The molecule has 8 nitrogen and oxygen atoms in total. The number of nitrogens with zero attached hydrogens (tertiary/aromatic N) is 3. The molecule has 176 valence electrons. The molecule has 0 aliphatic carbocycles. The van der Waals surface area contributed by atoms with Gasteiger partial charge in [-0.25, -0.2) is 4.98 Å². The number of benzene rings is 2. The Balaban J connectivity index is 1.79. The maximum absolute atomic E-state index is 13.2. The Bertz CT molecular complexity index is 1220. The van der Waals surface area contributed by atoms with E-state index in [0.717, 1.165) is 5.56 Å². The molecule has 8 heteroatoms. The smallest absolute Gasteiger partial charge is 0.295 e. The molecular weight excluding hydrogens is 434 g/mol. The number of hydrogen-bond acceptors (Lipinski definition) is 6. The zero-order chi connectivity index (χ0) is 24.2. The van der Waals surface area contributed by atoms with Gasteiger partial charge in [-0.1, -0.05) is 29.8 Å². The summed E-state index contributed by atoms with van der Waals surface area (Å²) in [5.41, 5.74) is 2.13. The number of aliphatic hydroxyl groups excluding tert-OH is 1. The van der Waals surface area contributed by atoms with Gasteiger partial charge in [0.2, 0.25) is 0 Å². The van der Waals surface area contributed by atoms with Crippen molar-refractivity contribution in [3.63, 3.8) is 0 Å². The molecule has 4 rings (SSSR count). The lowest BCUT2D eigenvalue weighted by Gasteiger charge is -2.27. The number of amides is 1. The van der Waals surface area contributed by atoms with Crippen molar-refractivity contribution in [1.29, 1.82) is 0 Å². The van der Waals surface area contributed by atoms with Gasteiger partial charge in [0.25, 0.3) is 11.7 Å². The molecule has 1 aliphatic heterocycles. The van der Waals surface area contributed by atoms with E-state index in [1.54, 1.807) is 50.0 Å². The first kappa shape index (κ1) is 23.1. The summed E-state index contributed by atoms with van der Waals surface area (Å²) in [5.74, 6) is -0.541. The second-order valence-corrected chi connectivity index (χ2v) is 8.12. The molecule has 1 saturated heterocycles. The van der Waals surface area contributed by atoms with Gasteiger partial charge >= 0.3 is 0 Å². The lowest BCUT2D eigenvalue weighted by molar-refractivity contribution is -0.140. The largest absolute Gasteiger partial charge is 0.507 e. The standard InChI is InChI=1S/C26H27N3O5/c1-17-5-7-18(8-6-17)24(30)22-23(20-10-9-19(33-2)15-21(20)34-3)29(26(32)25(22)31)13-4-12-28-14-11-27-16-28/h5-11,14-16,23,30H,4,12-13H2,1-3H3/t23-/m1/s1. The number of carbonyl (C=O) groups is 2. The predicted octanol–water partition coefficient (Wildman–Crippen LogP) is 3.72. The molecule has 3 aromatic rings. The summed E-state index contributed by atoms with van der Waals surface area (Å²) in [5, 5.41) is 11.2. The van der Waals surface area contributed by atoms with Crippen LogP contribution in [-0.2, 0) is 16.1 Å². The van der Waals surface area contributed by atoms with Crippen molar-refractivity contribution in [2.75, 3.05) is 20.8 Å². The summed E-state index contributed by atoms with van der Waals surface area (Å²) in [7, 11) is 3.07. The van der Waals surface area contributed by atoms with Gasteiger partial charge in [0.1, 0.15) is 17.3 Å². The van der Waals surface area contributed by atoms with Crippen LogP contribution in [0.15, 0.2) is 66.8 Å². The van der Waals surface area contributed by atoms with E-state index >= 15 is 0 Å². The third-order valence-corrected chi connectivity index (χ3v) is 5.97. The maximum Gasteiger partial charge on any atom is 0.295 e. The molecule has 0 spiro atoms. The van der Waals surface area contributed by atoms with Crippen LogP contribution in [0.2, 0.25) is 0 Å². The van der Waals surface area contributed by atoms with Crippen LogP contribution in [0.3, 0.4) is 0 Å². The number of aliphatic hydroxyl groups is 1. The number of carbonyl (C=O) groups excluding carboxylic acids is 2. The summed E-state index contributed by atoms with van der Waals surface area (Å²) in [6.45, 7) is 2.88. The molecule has 34 heavy (non-hydrogen) atoms. The summed E-state index contributed by atoms with van der Waals surface area (Å²) >= 11 is 0. The highest BCUT2D eigenvalue weighted by Gasteiger charge is 2.46. The molecule has 1 aliphatic rings. The Morgan fingerprint density at radius 3 is 2.47 bits per heavy atom. The van der Waals surface area contributed by atoms with Gasteiger partial charge in [-0.05, 0) is 25.5 Å². The maximum atomic E-state index is 13.2. The Hall–Kier alpha value is -4.07. The van der Waals surface area contributed by atoms with Gasteiger partial charge in [-0.2, -0.15) is 0 Å². The number of methoxy groups -OCH3 is 2. The van der Waals surface area contributed by atoms with Gasteiger partial charge in [-0.3, -0.25) is 9.59 Å². The van der Waals surface area contributed by atoms with Crippen LogP contribution < -0.4 is 9.47 Å². The summed E-state index contributed by atoms with van der Waals surface area (Å²) in [6.07, 6.45) is 5.84. The van der Waals surface area contributed by atoms with Crippen molar-refractivity contribution in [2.45, 2.75) is 25.9 Å². The molecule has 2 aromatic carbocycles. The minimum Gasteiger partial charge on any atom is -0.507 e. The summed E-state index contributed by atoms with van der Waals surface area (Å²) in [6, 6.07) is 11.6. The van der Waals surface area contributed by atoms with Gasteiger partial charge in [0, 0.05) is 42.7 Å². The zero-order valence-electron chi connectivity index (χ0n) is 19.4. The third-order valence-electron chi connectivity index (χ3n) is 5.97. The lowest BCUT2D eigenvalue weighted by Crippen LogP contribution is -2.31. The quantitative estimate of drug-likeness (QED) is 0.312. The predicted molar refractivity (Wildman–Crippen MR) is 127 cm³/mol. The molecule has 1 amide bonds. The number of rotatable bonds is 8. The molecular formula is C26H27N3O5. The fourth-order valence-electron chi connectivity index (χ4n) is 4.19. The highest BCUT2D eigenvalue weighted by molar-refractivity contribution is 6.46. The van der Waals surface area contributed by atoms with E-state index in [1.807, 2.05) is 29.8 Å². The van der Waals surface area contributed by atoms with E-state index in [-0.39, 0.29) is 11.3 Å². The van der Waals surface area contributed by atoms with Crippen LogP contribution in [0, 0.1) is 6.92 Å². The molecule has 2 heterocycles. The minimum atomic E-state index is -0.801. The Kier molecular flexibility index (Phi) is 6.67. The second-order valence-electron chi connectivity index (χ2n) is 8.12. The first-order valence-corrected chi connectivity index (χ1v) is 11.0. The first-order chi connectivity index (χ1) is 16.4. The van der Waals surface area contributed by atoms with Crippen molar-refractivity contribution < 1.29 is 24.2 Å². The third kappa shape index (κ3) is 4.39. The molecule has 1 fully saturated rings. The Morgan fingerprint density at radius 2 is 1.82 bits per heavy atom. The fourth-order valence-corrected chi connectivity index (χ4v) is 4.19. The molecule has 0 saturated carbocycles. The van der Waals surface area contributed by atoms with Crippen LogP contribution in [0.4, 0.5) is 0 Å². The number of ketones is 1. The molecule has 1 aromatic heterocycles. The number of ether oxygens (including phenoxy) is 2. The van der Waals surface area contributed by atoms with Crippen LogP contribution in [0.5, 0.6) is 11.5 Å². The molecule has 0 radical (unpaired) electrons. The number of Topliss-reactive ketones (excluding diaryl/α,β-unsaturated/α-hetero) is 1. The van der Waals surface area contributed by atoms with Crippen molar-refractivity contribution in [1.82, 2.24) is 14.5 Å². The highest BCUT2D eigenvalue weighted by Crippen LogP contribution is 2.43. The van der Waals surface area contributed by atoms with Gasteiger partial charge in [-0.15, -0.1) is 0 Å². The monoisotopic (exact) mass is 461 g/mol. The average molecular weight is 462 g/mol. The number of imidazole rings is 1. The average Bonchev–Trinajstić information content (AvgIpc) is 3.46. The zero-order valence-corrected chi connectivity index (χ0v) is 19.4. The van der Waals surface area contributed by atoms with Gasteiger partial charge in [0.15, 0.2) is 0 Å². The van der Waals surface area contributed by atoms with E-state index in [2.05, 4.69) is 4.98 Å². The Labute approximate surface area is 198 Å². The van der Waals surface area contributed by atoms with E-state index < -0.39 is 17.7 Å². The summed E-state index contributed by atoms with van der Waals surface area (Å²) < 4.78 is 12.8. The molecule has 1 atom stereocenters. The molecule has 1 N–H and O–H groups in total. The fraction of sp³-hybridized carbons (Fsp3) is 0.269. The highest BCUT2D eigenvalue weighted by atomic mass is 16.5. The number of likely N-dealkylation sites (tertiary alicyclic amines) is 1. The second kappa shape index (κ2) is 9.82. The van der Waals surface area contributed by atoms with Crippen molar-refractivity contribution in [3.8, 4) is 11.5 Å². The van der Waals surface area contributed by atoms with E-state index in [0.29, 0.717) is 42.1 Å². The van der Waals surface area contributed by atoms with E-state index in [9.17, 15) is 14.7 Å². The van der Waals surface area contributed by atoms with Crippen LogP contribution >= 0.6 is 0 Å². The van der Waals surface area contributed by atoms with Crippen LogP contribution in [-0.4, -0.2) is 52.0 Å². The van der Waals surface area contributed by atoms with E-state index in [1.165, 1.54) is 12.0 Å². The Morgan fingerprint density at radius 1 is 1.06 bits per heavy atom. The minimum absolute atomic E-state index is 0.0416. The SMILES string of the molecule is COc1ccc([C@@H]2C(=C(O)c3ccc(C)cc3)C(=O)C(=O)N2CCCn2ccnc2)c(OC)c1. The van der Waals surface area contributed by atoms with E-state index in [4.69, 9.17) is 9.47 Å². The molecule has 0 unspecified atom stereocenters. The van der Waals surface area contributed by atoms with Crippen LogP contribution in [0.1, 0.15) is 29.2 Å². The first-order valence-electron chi connectivity index (χ1n) is 11.0. The number of hydrogen-bond donors (Lipinski definition) is 1. The normalized spacial score (nSPS) is 17.3. The number of aromatic nitrogens is 2. The van der Waals surface area contributed by atoms with Gasteiger partial charge in [0.05, 0.1) is 32.2 Å². The topological polar surface area (TPSA) is 93.9 Å². The van der Waals surface area contributed by atoms with Crippen LogP contribution in [0.25, 0.3) is 5.76 Å². The number of aryl methyl sites for hydroxylation is 2. The lowest BCUT2D eigenvalue weighted by atomic mass is 9.94. The van der Waals surface area contributed by atoms with Crippen molar-refractivity contribution >= 4 is 17.4 Å². The van der Waals surface area contributed by atoms with Gasteiger partial charge < -0.3 is 24.0 Å². The summed E-state index contributed by atoms with van der Waals surface area (Å²) in [4.78, 5) is 31.9. The van der Waals surface area contributed by atoms with Crippen molar-refractivity contribution in [2.24, 2.45) is 0 Å². The van der Waals surface area contributed by atoms with Crippen molar-refractivity contribution in [3.05, 3.63) is 83.4 Å².